The number of nitrogens with zero attached hydrogens (tertiary/aromatic N) is 3. The highest BCUT2D eigenvalue weighted by atomic mass is 16.3. The van der Waals surface area contributed by atoms with E-state index >= 15 is 0 Å². The average Bonchev–Trinajstić information content (AvgIpc) is 3.17. The van der Waals surface area contributed by atoms with Crippen LogP contribution in [-0.2, 0) is 13.0 Å². The minimum absolute atomic E-state index is 0.162. The summed E-state index contributed by atoms with van der Waals surface area (Å²) in [6.45, 7) is 3.94. The molecule has 0 bridgehead atoms. The van der Waals surface area contributed by atoms with Gasteiger partial charge < -0.3 is 15.3 Å². The maximum atomic E-state index is 9.56. The molecule has 3 rings (SSSR count). The third-order valence-corrected chi connectivity index (χ3v) is 4.48. The first-order chi connectivity index (χ1) is 11.8. The summed E-state index contributed by atoms with van der Waals surface area (Å²) >= 11 is 0. The molecule has 0 saturated carbocycles. The SMILES string of the molecule is OCC(CNCc1ccc(N2CCCC2)nc1)Cc1ccccn1. The van der Waals surface area contributed by atoms with Crippen LogP contribution in [0.1, 0.15) is 24.1 Å². The van der Waals surface area contributed by atoms with E-state index in [9.17, 15) is 5.11 Å². The minimum Gasteiger partial charge on any atom is -0.396 e. The van der Waals surface area contributed by atoms with Gasteiger partial charge >= 0.3 is 0 Å². The van der Waals surface area contributed by atoms with Crippen LogP contribution in [0.15, 0.2) is 42.7 Å². The van der Waals surface area contributed by atoms with Crippen LogP contribution in [-0.4, -0.2) is 41.3 Å². The maximum absolute atomic E-state index is 9.56. The van der Waals surface area contributed by atoms with Crippen LogP contribution < -0.4 is 10.2 Å². The van der Waals surface area contributed by atoms with E-state index in [-0.39, 0.29) is 12.5 Å². The largest absolute Gasteiger partial charge is 0.396 e. The maximum Gasteiger partial charge on any atom is 0.128 e. The predicted octanol–water partition coefficient (Wildman–Crippen LogP) is 2.02. The average molecular weight is 326 g/mol. The number of pyridine rings is 2. The Kier molecular flexibility index (Phi) is 6.15. The van der Waals surface area contributed by atoms with E-state index in [4.69, 9.17) is 0 Å². The van der Waals surface area contributed by atoms with E-state index in [1.165, 1.54) is 18.4 Å². The topological polar surface area (TPSA) is 61.3 Å². The van der Waals surface area contributed by atoms with Crippen molar-refractivity contribution in [1.29, 1.82) is 0 Å². The number of hydrogen-bond donors (Lipinski definition) is 2. The molecular formula is C19H26N4O. The fraction of sp³-hybridized carbons (Fsp3) is 0.474. The van der Waals surface area contributed by atoms with E-state index in [2.05, 4.69) is 32.3 Å². The van der Waals surface area contributed by atoms with Gasteiger partial charge in [-0.1, -0.05) is 12.1 Å². The molecule has 1 unspecified atom stereocenters. The van der Waals surface area contributed by atoms with Crippen molar-refractivity contribution < 1.29 is 5.11 Å². The zero-order valence-corrected chi connectivity index (χ0v) is 14.1. The molecule has 0 aliphatic carbocycles. The Morgan fingerprint density at radius 1 is 1.12 bits per heavy atom. The number of aromatic nitrogens is 2. The fourth-order valence-corrected chi connectivity index (χ4v) is 3.09. The summed E-state index contributed by atoms with van der Waals surface area (Å²) in [7, 11) is 0. The molecule has 0 aromatic carbocycles. The molecule has 1 atom stereocenters. The standard InChI is InChI=1S/C19H26N4O/c24-15-17(11-18-5-1-2-8-21-18)13-20-12-16-6-7-19(22-14-16)23-9-3-4-10-23/h1-2,5-8,14,17,20,24H,3-4,9-13,15H2. The monoisotopic (exact) mass is 326 g/mol. The molecule has 0 radical (unpaired) electrons. The molecule has 1 aliphatic rings. The van der Waals surface area contributed by atoms with E-state index in [0.717, 1.165) is 44.1 Å². The third-order valence-electron chi connectivity index (χ3n) is 4.48. The Hall–Kier alpha value is -1.98. The van der Waals surface area contributed by atoms with Crippen molar-refractivity contribution in [2.24, 2.45) is 5.92 Å². The van der Waals surface area contributed by atoms with Crippen molar-refractivity contribution in [2.45, 2.75) is 25.8 Å². The van der Waals surface area contributed by atoms with Gasteiger partial charge in [0.1, 0.15) is 5.82 Å². The van der Waals surface area contributed by atoms with E-state index < -0.39 is 0 Å². The Labute approximate surface area is 143 Å². The summed E-state index contributed by atoms with van der Waals surface area (Å²) in [5.41, 5.74) is 2.20. The molecule has 1 aliphatic heterocycles. The van der Waals surface area contributed by atoms with Crippen molar-refractivity contribution in [3.63, 3.8) is 0 Å². The zero-order chi connectivity index (χ0) is 16.6. The normalized spacial score (nSPS) is 15.6. The highest BCUT2D eigenvalue weighted by Gasteiger charge is 2.13. The lowest BCUT2D eigenvalue weighted by molar-refractivity contribution is 0.220. The highest BCUT2D eigenvalue weighted by Crippen LogP contribution is 2.17. The quantitative estimate of drug-likeness (QED) is 0.777. The molecule has 1 saturated heterocycles. The predicted molar refractivity (Wildman–Crippen MR) is 95.9 cm³/mol. The summed E-state index contributed by atoms with van der Waals surface area (Å²) in [4.78, 5) is 11.2. The van der Waals surface area contributed by atoms with Crippen molar-refractivity contribution >= 4 is 5.82 Å². The molecule has 5 heteroatoms. The number of aliphatic hydroxyl groups is 1. The summed E-state index contributed by atoms with van der Waals surface area (Å²) in [5.74, 6) is 1.26. The van der Waals surface area contributed by atoms with Crippen molar-refractivity contribution in [3.8, 4) is 0 Å². The number of nitrogens with one attached hydrogen (secondary N) is 1. The van der Waals surface area contributed by atoms with Gasteiger partial charge in [-0.2, -0.15) is 0 Å². The number of rotatable bonds is 8. The Balaban J connectivity index is 1.44. The first-order valence-corrected chi connectivity index (χ1v) is 8.76. The lowest BCUT2D eigenvalue weighted by Gasteiger charge is -2.17. The Morgan fingerprint density at radius 3 is 2.67 bits per heavy atom. The molecule has 5 nitrogen and oxygen atoms in total. The van der Waals surface area contributed by atoms with Crippen LogP contribution in [0, 0.1) is 5.92 Å². The molecule has 0 spiro atoms. The van der Waals surface area contributed by atoms with Gasteiger partial charge in [0.25, 0.3) is 0 Å². The second kappa shape index (κ2) is 8.76. The van der Waals surface area contributed by atoms with Gasteiger partial charge in [0.2, 0.25) is 0 Å². The van der Waals surface area contributed by atoms with Gasteiger partial charge in [-0.15, -0.1) is 0 Å². The van der Waals surface area contributed by atoms with E-state index in [1.54, 1.807) is 6.20 Å². The van der Waals surface area contributed by atoms with Gasteiger partial charge in [-0.25, -0.2) is 4.98 Å². The first kappa shape index (κ1) is 16.9. The fourth-order valence-electron chi connectivity index (χ4n) is 3.09. The summed E-state index contributed by atoms with van der Waals surface area (Å²) < 4.78 is 0. The Bertz CT molecular complexity index is 597. The van der Waals surface area contributed by atoms with Gasteiger partial charge in [-0.05, 0) is 48.9 Å². The molecule has 3 heterocycles. The molecule has 1 fully saturated rings. The van der Waals surface area contributed by atoms with Crippen molar-refractivity contribution in [1.82, 2.24) is 15.3 Å². The van der Waals surface area contributed by atoms with E-state index in [1.807, 2.05) is 24.4 Å². The number of hydrogen-bond acceptors (Lipinski definition) is 5. The molecule has 2 aromatic heterocycles. The number of anilines is 1. The second-order valence-corrected chi connectivity index (χ2v) is 6.42. The van der Waals surface area contributed by atoms with Crippen LogP contribution in [0.2, 0.25) is 0 Å². The molecule has 128 valence electrons. The van der Waals surface area contributed by atoms with Crippen LogP contribution in [0.5, 0.6) is 0 Å². The van der Waals surface area contributed by atoms with Gasteiger partial charge in [-0.3, -0.25) is 4.98 Å². The zero-order valence-electron chi connectivity index (χ0n) is 14.1. The van der Waals surface area contributed by atoms with Gasteiger partial charge in [0, 0.05) is 50.9 Å². The van der Waals surface area contributed by atoms with Crippen LogP contribution >= 0.6 is 0 Å². The summed E-state index contributed by atoms with van der Waals surface area (Å²) in [6.07, 6.45) is 7.07. The third kappa shape index (κ3) is 4.76. The summed E-state index contributed by atoms with van der Waals surface area (Å²) in [6, 6.07) is 10.1. The lowest BCUT2D eigenvalue weighted by Crippen LogP contribution is -2.27. The molecule has 24 heavy (non-hydrogen) atoms. The van der Waals surface area contributed by atoms with Crippen LogP contribution in [0.3, 0.4) is 0 Å². The minimum atomic E-state index is 0.162. The molecular weight excluding hydrogens is 300 g/mol. The van der Waals surface area contributed by atoms with Crippen LogP contribution in [0.25, 0.3) is 0 Å². The first-order valence-electron chi connectivity index (χ1n) is 8.76. The van der Waals surface area contributed by atoms with Crippen molar-refractivity contribution in [2.75, 3.05) is 31.1 Å². The highest BCUT2D eigenvalue weighted by molar-refractivity contribution is 5.40. The van der Waals surface area contributed by atoms with Gasteiger partial charge in [0.05, 0.1) is 0 Å². The molecule has 2 aromatic rings. The van der Waals surface area contributed by atoms with E-state index in [0.29, 0.717) is 0 Å². The summed E-state index contributed by atoms with van der Waals surface area (Å²) in [5, 5.41) is 13.0. The molecule has 0 amide bonds. The number of aliphatic hydroxyl groups excluding tert-OH is 1. The van der Waals surface area contributed by atoms with Gasteiger partial charge in [0.15, 0.2) is 0 Å². The van der Waals surface area contributed by atoms with Crippen molar-refractivity contribution in [3.05, 3.63) is 54.0 Å². The van der Waals surface area contributed by atoms with Crippen LogP contribution in [0.4, 0.5) is 5.82 Å². The second-order valence-electron chi connectivity index (χ2n) is 6.42. The molecule has 2 N–H and O–H groups in total. The Morgan fingerprint density at radius 2 is 2.00 bits per heavy atom. The smallest absolute Gasteiger partial charge is 0.128 e. The lowest BCUT2D eigenvalue weighted by atomic mass is 10.0.